The lowest BCUT2D eigenvalue weighted by Crippen LogP contribution is -2.43. The molecule has 1 fully saturated rings. The lowest BCUT2D eigenvalue weighted by molar-refractivity contribution is -0.124. The Kier molecular flexibility index (Phi) is 7.58. The second-order valence-corrected chi connectivity index (χ2v) is 10.3. The smallest absolute Gasteiger partial charge is 0.410 e. The third-order valence-electron chi connectivity index (χ3n) is 5.84. The minimum Gasteiger partial charge on any atom is -0.444 e. The predicted molar refractivity (Wildman–Crippen MR) is 127 cm³/mol. The number of ketones is 1. The second-order valence-electron chi connectivity index (χ2n) is 9.37. The van der Waals surface area contributed by atoms with Crippen LogP contribution in [-0.4, -0.2) is 35.5 Å². The molecule has 3 rings (SSSR count). The van der Waals surface area contributed by atoms with E-state index in [1.54, 1.807) is 4.90 Å². The Bertz CT molecular complexity index is 909. The Hall–Kier alpha value is -2.14. The Morgan fingerprint density at radius 3 is 2.26 bits per heavy atom. The zero-order chi connectivity index (χ0) is 22.6. The number of nitrogens with zero attached hydrogens (tertiary/aromatic N) is 1. The average molecular weight is 486 g/mol. The number of aryl methyl sites for hydroxylation is 1. The van der Waals surface area contributed by atoms with Crippen LogP contribution >= 0.6 is 15.9 Å². The third kappa shape index (κ3) is 6.42. The van der Waals surface area contributed by atoms with E-state index >= 15 is 0 Å². The molecule has 0 bridgehead atoms. The molecule has 0 radical (unpaired) electrons. The molecule has 31 heavy (non-hydrogen) atoms. The number of halogens is 1. The van der Waals surface area contributed by atoms with Crippen molar-refractivity contribution in [3.63, 3.8) is 0 Å². The van der Waals surface area contributed by atoms with Crippen molar-refractivity contribution in [1.82, 2.24) is 4.90 Å². The van der Waals surface area contributed by atoms with E-state index in [0.717, 1.165) is 10.0 Å². The van der Waals surface area contributed by atoms with Gasteiger partial charge in [0, 0.05) is 35.8 Å². The minimum atomic E-state index is -0.505. The summed E-state index contributed by atoms with van der Waals surface area (Å²) < 4.78 is 6.50. The van der Waals surface area contributed by atoms with E-state index in [4.69, 9.17) is 4.74 Å². The van der Waals surface area contributed by atoms with Gasteiger partial charge in [0.2, 0.25) is 0 Å². The van der Waals surface area contributed by atoms with Gasteiger partial charge in [-0.05, 0) is 69.4 Å². The predicted octanol–water partition coefficient (Wildman–Crippen LogP) is 6.50. The van der Waals surface area contributed by atoms with Gasteiger partial charge in [0.15, 0.2) is 0 Å². The summed E-state index contributed by atoms with van der Waals surface area (Å²) in [4.78, 5) is 27.3. The van der Waals surface area contributed by atoms with Gasteiger partial charge in [0.05, 0.1) is 0 Å². The topological polar surface area (TPSA) is 46.6 Å². The maximum absolute atomic E-state index is 13.3. The summed E-state index contributed by atoms with van der Waals surface area (Å²) >= 11 is 3.50. The number of carbonyl (C=O) groups excluding carboxylic acids is 2. The molecule has 1 saturated heterocycles. The largest absolute Gasteiger partial charge is 0.444 e. The van der Waals surface area contributed by atoms with Gasteiger partial charge in [-0.2, -0.15) is 0 Å². The van der Waals surface area contributed by atoms with Crippen LogP contribution in [0.2, 0.25) is 0 Å². The van der Waals surface area contributed by atoms with E-state index in [1.807, 2.05) is 45.0 Å². The molecule has 5 heteroatoms. The quantitative estimate of drug-likeness (QED) is 0.485. The summed E-state index contributed by atoms with van der Waals surface area (Å²) in [6.45, 7) is 8.85. The molecule has 1 heterocycles. The highest BCUT2D eigenvalue weighted by atomic mass is 79.9. The molecule has 0 aliphatic carbocycles. The fourth-order valence-electron chi connectivity index (χ4n) is 4.16. The van der Waals surface area contributed by atoms with Gasteiger partial charge < -0.3 is 9.64 Å². The van der Waals surface area contributed by atoms with Gasteiger partial charge in [0.25, 0.3) is 0 Å². The summed E-state index contributed by atoms with van der Waals surface area (Å²) in [6.07, 6.45) is 1.58. The summed E-state index contributed by atoms with van der Waals surface area (Å²) in [5.41, 5.74) is 3.04. The number of carbonyl (C=O) groups is 2. The summed E-state index contributed by atoms with van der Waals surface area (Å²) in [5.74, 6) is 0.298. The summed E-state index contributed by atoms with van der Waals surface area (Å²) in [5, 5.41) is 0. The first-order valence-electron chi connectivity index (χ1n) is 11.0. The highest BCUT2D eigenvalue weighted by molar-refractivity contribution is 9.10. The third-order valence-corrected chi connectivity index (χ3v) is 6.37. The minimum absolute atomic E-state index is 0.0133. The number of rotatable bonds is 5. The van der Waals surface area contributed by atoms with Gasteiger partial charge >= 0.3 is 6.09 Å². The number of benzene rings is 2. The van der Waals surface area contributed by atoms with Crippen molar-refractivity contribution in [2.24, 2.45) is 5.92 Å². The van der Waals surface area contributed by atoms with Crippen molar-refractivity contribution in [1.29, 1.82) is 0 Å². The Balaban J connectivity index is 1.70. The molecule has 4 nitrogen and oxygen atoms in total. The molecule has 1 aliphatic rings. The van der Waals surface area contributed by atoms with Crippen molar-refractivity contribution < 1.29 is 14.3 Å². The Morgan fingerprint density at radius 2 is 1.68 bits per heavy atom. The number of hydrogen-bond acceptors (Lipinski definition) is 3. The monoisotopic (exact) mass is 485 g/mol. The van der Waals surface area contributed by atoms with Crippen LogP contribution in [0.5, 0.6) is 0 Å². The first-order valence-corrected chi connectivity index (χ1v) is 11.7. The molecule has 1 unspecified atom stereocenters. The highest BCUT2D eigenvalue weighted by Gasteiger charge is 2.31. The zero-order valence-electron chi connectivity index (χ0n) is 18.9. The number of ether oxygens (including phenoxy) is 1. The van der Waals surface area contributed by atoms with Crippen LogP contribution in [-0.2, 0) is 9.53 Å². The van der Waals surface area contributed by atoms with Crippen LogP contribution in [0, 0.1) is 12.8 Å². The lowest BCUT2D eigenvalue weighted by Gasteiger charge is -2.33. The van der Waals surface area contributed by atoms with Gasteiger partial charge in [-0.3, -0.25) is 4.79 Å². The lowest BCUT2D eigenvalue weighted by atomic mass is 9.80. The first-order chi connectivity index (χ1) is 14.6. The van der Waals surface area contributed by atoms with Crippen molar-refractivity contribution in [3.05, 3.63) is 69.7 Å². The van der Waals surface area contributed by atoms with E-state index in [2.05, 4.69) is 47.1 Å². The van der Waals surface area contributed by atoms with Crippen molar-refractivity contribution in [2.75, 3.05) is 13.1 Å². The SMILES string of the molecule is Cc1ccccc1C(CC(=O)C1CCN(C(=O)OC(C)(C)C)CC1)c1ccc(Br)cc1. The fourth-order valence-corrected chi connectivity index (χ4v) is 4.42. The number of likely N-dealkylation sites (tertiary alicyclic amines) is 1. The standard InChI is InChI=1S/C26H32BrNO3/c1-18-7-5-6-8-22(18)23(19-9-11-21(27)12-10-19)17-24(29)20-13-15-28(16-14-20)25(30)31-26(2,3)4/h5-12,20,23H,13-17H2,1-4H3. The maximum atomic E-state index is 13.3. The van der Waals surface area contributed by atoms with Crippen molar-refractivity contribution >= 4 is 27.8 Å². The first kappa shape index (κ1) is 23.5. The molecule has 1 atom stereocenters. The number of Topliss-reactive ketones (excluding diaryl/α,β-unsaturated/α-hetero) is 1. The van der Waals surface area contributed by atoms with Gasteiger partial charge in [-0.25, -0.2) is 4.79 Å². The van der Waals surface area contributed by atoms with Crippen LogP contribution in [0.1, 0.15) is 62.6 Å². The average Bonchev–Trinajstić information content (AvgIpc) is 2.72. The molecule has 0 aromatic heterocycles. The molecular weight excluding hydrogens is 454 g/mol. The van der Waals surface area contributed by atoms with Crippen LogP contribution in [0.15, 0.2) is 53.0 Å². The second kappa shape index (κ2) is 9.99. The normalized spacial score (nSPS) is 16.1. The van der Waals surface area contributed by atoms with E-state index in [9.17, 15) is 9.59 Å². The van der Waals surface area contributed by atoms with E-state index in [0.29, 0.717) is 32.4 Å². The van der Waals surface area contributed by atoms with Crippen LogP contribution < -0.4 is 0 Å². The molecule has 0 spiro atoms. The molecule has 1 aliphatic heterocycles. The number of hydrogen-bond donors (Lipinski definition) is 0. The molecule has 2 aromatic carbocycles. The van der Waals surface area contributed by atoms with E-state index in [1.165, 1.54) is 11.1 Å². The van der Waals surface area contributed by atoms with Crippen LogP contribution in [0.4, 0.5) is 4.79 Å². The van der Waals surface area contributed by atoms with Crippen LogP contribution in [0.3, 0.4) is 0 Å². The number of piperidine rings is 1. The van der Waals surface area contributed by atoms with Crippen molar-refractivity contribution in [2.45, 2.75) is 58.5 Å². The number of amides is 1. The molecule has 0 N–H and O–H groups in total. The maximum Gasteiger partial charge on any atom is 0.410 e. The van der Waals surface area contributed by atoms with E-state index < -0.39 is 5.60 Å². The fraction of sp³-hybridized carbons (Fsp3) is 0.462. The van der Waals surface area contributed by atoms with Gasteiger partial charge in [0.1, 0.15) is 11.4 Å². The van der Waals surface area contributed by atoms with Crippen molar-refractivity contribution in [3.8, 4) is 0 Å². The molecule has 0 saturated carbocycles. The molecule has 2 aromatic rings. The van der Waals surface area contributed by atoms with E-state index in [-0.39, 0.29) is 23.7 Å². The van der Waals surface area contributed by atoms with Gasteiger partial charge in [-0.15, -0.1) is 0 Å². The highest BCUT2D eigenvalue weighted by Crippen LogP contribution is 2.33. The Labute approximate surface area is 194 Å². The Morgan fingerprint density at radius 1 is 1.06 bits per heavy atom. The van der Waals surface area contributed by atoms with Crippen LogP contribution in [0.25, 0.3) is 0 Å². The van der Waals surface area contributed by atoms with Gasteiger partial charge in [-0.1, -0.05) is 52.3 Å². The molecular formula is C26H32BrNO3. The summed E-state index contributed by atoms with van der Waals surface area (Å²) in [6, 6.07) is 16.6. The molecule has 1 amide bonds. The molecule has 166 valence electrons. The zero-order valence-corrected chi connectivity index (χ0v) is 20.4. The summed E-state index contributed by atoms with van der Waals surface area (Å²) in [7, 11) is 0.